The molecule has 0 aromatic heterocycles. The van der Waals surface area contributed by atoms with Crippen LogP contribution >= 0.6 is 0 Å². The van der Waals surface area contributed by atoms with Crippen LogP contribution < -0.4 is 0 Å². The van der Waals surface area contributed by atoms with Gasteiger partial charge in [0.1, 0.15) is 0 Å². The van der Waals surface area contributed by atoms with Gasteiger partial charge in [-0.1, -0.05) is 17.1 Å². The second-order valence-corrected chi connectivity index (χ2v) is 19.9. The van der Waals surface area contributed by atoms with Crippen molar-refractivity contribution in [3.63, 3.8) is 0 Å². The molecule has 1 fully saturated rings. The maximum absolute atomic E-state index is 6.42. The van der Waals surface area contributed by atoms with Crippen LogP contribution in [0.25, 0.3) is 0 Å². The molecule has 0 saturated heterocycles. The largest absolute Gasteiger partial charge is 0.410 e. The zero-order valence-electron chi connectivity index (χ0n) is 16.4. The molecule has 0 radical (unpaired) electrons. The van der Waals surface area contributed by atoms with E-state index in [1.54, 1.807) is 0 Å². The fourth-order valence-corrected chi connectivity index (χ4v) is 6.33. The van der Waals surface area contributed by atoms with Crippen molar-refractivity contribution >= 4 is 25.0 Å². The predicted molar refractivity (Wildman–Crippen MR) is 112 cm³/mol. The smallest absolute Gasteiger partial charge is 0.210 e. The van der Waals surface area contributed by atoms with Crippen molar-refractivity contribution in [1.82, 2.24) is 0 Å². The summed E-state index contributed by atoms with van der Waals surface area (Å²) in [7, 11) is -5.47. The van der Waals surface area contributed by atoms with E-state index >= 15 is 0 Å². The Kier molecular flexibility index (Phi) is 7.65. The molecule has 1 rings (SSSR count). The summed E-state index contributed by atoms with van der Waals surface area (Å²) in [5, 5.41) is 0. The Labute approximate surface area is 152 Å². The minimum Gasteiger partial charge on any atom is -0.410 e. The van der Waals surface area contributed by atoms with Crippen LogP contribution in [-0.4, -0.2) is 43.3 Å². The van der Waals surface area contributed by atoms with Crippen LogP contribution in [0.4, 0.5) is 0 Å². The van der Waals surface area contributed by atoms with E-state index in [1.165, 1.54) is 0 Å². The zero-order valence-corrected chi connectivity index (χ0v) is 19.4. The highest BCUT2D eigenvalue weighted by Crippen LogP contribution is 2.31. The van der Waals surface area contributed by atoms with Gasteiger partial charge in [-0.05, 0) is 58.5 Å². The molecule has 0 aliphatic heterocycles. The zero-order chi connectivity index (χ0) is 18.6. The predicted octanol–water partition coefficient (Wildman–Crippen LogP) is 5.12. The molecule has 1 aliphatic rings. The standard InChI is InChI=1S/C18H36O3Si3/c1-10-22(4,5)19-16-13-17(20-23(6,7)11-2)15-18(14-16)21-24(8,9)12-3/h10-12,16-18H,1-3,13-15H2,4-9H3. The van der Waals surface area contributed by atoms with Crippen molar-refractivity contribution in [2.75, 3.05) is 0 Å². The second kappa shape index (κ2) is 8.42. The van der Waals surface area contributed by atoms with Crippen molar-refractivity contribution in [3.8, 4) is 0 Å². The van der Waals surface area contributed by atoms with E-state index in [0.29, 0.717) is 0 Å². The molecular weight excluding hydrogens is 348 g/mol. The van der Waals surface area contributed by atoms with E-state index in [-0.39, 0.29) is 18.3 Å². The lowest BCUT2D eigenvalue weighted by Crippen LogP contribution is -2.47. The minimum atomic E-state index is -1.82. The molecule has 138 valence electrons. The summed E-state index contributed by atoms with van der Waals surface area (Å²) < 4.78 is 19.3. The van der Waals surface area contributed by atoms with Gasteiger partial charge in [0.25, 0.3) is 0 Å². The number of hydrogen-bond acceptors (Lipinski definition) is 3. The van der Waals surface area contributed by atoms with E-state index in [1.807, 2.05) is 17.1 Å². The molecule has 0 spiro atoms. The van der Waals surface area contributed by atoms with Gasteiger partial charge in [-0.15, -0.1) is 19.7 Å². The van der Waals surface area contributed by atoms with Gasteiger partial charge in [0, 0.05) is 0 Å². The van der Waals surface area contributed by atoms with Gasteiger partial charge < -0.3 is 13.3 Å². The first-order chi connectivity index (χ1) is 10.9. The number of rotatable bonds is 9. The van der Waals surface area contributed by atoms with Crippen molar-refractivity contribution < 1.29 is 13.3 Å². The van der Waals surface area contributed by atoms with Gasteiger partial charge in [0.15, 0.2) is 0 Å². The molecule has 24 heavy (non-hydrogen) atoms. The minimum absolute atomic E-state index is 0.178. The summed E-state index contributed by atoms with van der Waals surface area (Å²) in [6.07, 6.45) is 3.34. The third-order valence-electron chi connectivity index (χ3n) is 4.46. The molecule has 3 nitrogen and oxygen atoms in total. The summed E-state index contributed by atoms with van der Waals surface area (Å²) in [4.78, 5) is 0. The van der Waals surface area contributed by atoms with Gasteiger partial charge >= 0.3 is 0 Å². The highest BCUT2D eigenvalue weighted by molar-refractivity contribution is 6.77. The quantitative estimate of drug-likeness (QED) is 0.517. The van der Waals surface area contributed by atoms with E-state index in [2.05, 4.69) is 59.0 Å². The molecule has 0 N–H and O–H groups in total. The third kappa shape index (κ3) is 7.33. The van der Waals surface area contributed by atoms with Crippen LogP contribution in [0, 0.1) is 0 Å². The van der Waals surface area contributed by atoms with Gasteiger partial charge in [-0.25, -0.2) is 0 Å². The van der Waals surface area contributed by atoms with Gasteiger partial charge in [-0.3, -0.25) is 0 Å². The van der Waals surface area contributed by atoms with Crippen molar-refractivity contribution in [2.45, 2.75) is 76.9 Å². The van der Waals surface area contributed by atoms with E-state index < -0.39 is 25.0 Å². The third-order valence-corrected chi connectivity index (χ3v) is 10.2. The first-order valence-corrected chi connectivity index (χ1v) is 17.8. The number of hydrogen-bond donors (Lipinski definition) is 0. The van der Waals surface area contributed by atoms with E-state index in [9.17, 15) is 0 Å². The van der Waals surface area contributed by atoms with Crippen LogP contribution in [0.3, 0.4) is 0 Å². The van der Waals surface area contributed by atoms with Crippen LogP contribution in [-0.2, 0) is 13.3 Å². The molecule has 0 atom stereocenters. The molecule has 0 amide bonds. The van der Waals surface area contributed by atoms with E-state index in [0.717, 1.165) is 19.3 Å². The molecular formula is C18H36O3Si3. The van der Waals surface area contributed by atoms with Crippen molar-refractivity contribution in [3.05, 3.63) is 36.8 Å². The molecule has 0 aromatic carbocycles. The Morgan fingerprint density at radius 2 is 0.792 bits per heavy atom. The first-order valence-electron chi connectivity index (χ1n) is 8.86. The highest BCUT2D eigenvalue weighted by Gasteiger charge is 2.38. The molecule has 0 aromatic rings. The molecule has 1 aliphatic carbocycles. The summed E-state index contributed by atoms with van der Waals surface area (Å²) in [5.41, 5.74) is 5.99. The Morgan fingerprint density at radius 3 is 0.958 bits per heavy atom. The van der Waals surface area contributed by atoms with Gasteiger partial charge in [0.05, 0.1) is 18.3 Å². The lowest BCUT2D eigenvalue weighted by atomic mass is 9.93. The monoisotopic (exact) mass is 384 g/mol. The molecule has 0 bridgehead atoms. The fraction of sp³-hybridized carbons (Fsp3) is 0.667. The molecule has 1 saturated carbocycles. The summed E-state index contributed by atoms with van der Waals surface area (Å²) in [6, 6.07) is 0. The molecule has 6 heteroatoms. The van der Waals surface area contributed by atoms with Crippen LogP contribution in [0.2, 0.25) is 39.3 Å². The topological polar surface area (TPSA) is 27.7 Å². The fourth-order valence-electron chi connectivity index (χ4n) is 2.89. The molecule has 0 heterocycles. The summed E-state index contributed by atoms with van der Waals surface area (Å²) >= 11 is 0. The first kappa shape index (κ1) is 21.8. The van der Waals surface area contributed by atoms with Gasteiger partial charge in [0.2, 0.25) is 25.0 Å². The van der Waals surface area contributed by atoms with E-state index in [4.69, 9.17) is 13.3 Å². The van der Waals surface area contributed by atoms with Gasteiger partial charge in [-0.2, -0.15) is 0 Å². The van der Waals surface area contributed by atoms with Crippen molar-refractivity contribution in [1.29, 1.82) is 0 Å². The molecule has 0 unspecified atom stereocenters. The van der Waals surface area contributed by atoms with Crippen LogP contribution in [0.15, 0.2) is 36.8 Å². The Balaban J connectivity index is 2.87. The SMILES string of the molecule is C=C[Si](C)(C)OC1CC(O[Si](C)(C)C=C)CC(O[Si](C)(C)C=C)C1. The normalized spacial score (nSPS) is 26.0. The second-order valence-electron chi connectivity index (χ2n) is 8.35. The Hall–Kier alpha value is -0.249. The maximum atomic E-state index is 6.42. The average molecular weight is 385 g/mol. The Bertz CT molecular complexity index is 388. The highest BCUT2D eigenvalue weighted by atomic mass is 28.4. The van der Waals surface area contributed by atoms with Crippen LogP contribution in [0.1, 0.15) is 19.3 Å². The van der Waals surface area contributed by atoms with Crippen LogP contribution in [0.5, 0.6) is 0 Å². The maximum Gasteiger partial charge on any atom is 0.210 e. The average Bonchev–Trinajstić information content (AvgIpc) is 2.45. The Morgan fingerprint density at radius 1 is 0.583 bits per heavy atom. The van der Waals surface area contributed by atoms with Crippen molar-refractivity contribution in [2.24, 2.45) is 0 Å². The lowest BCUT2D eigenvalue weighted by Gasteiger charge is -2.41. The summed E-state index contributed by atoms with van der Waals surface area (Å²) in [5.74, 6) is 0. The lowest BCUT2D eigenvalue weighted by molar-refractivity contribution is -0.00230. The summed E-state index contributed by atoms with van der Waals surface area (Å²) in [6.45, 7) is 24.9.